The monoisotopic (exact) mass is 288 g/mol. The van der Waals surface area contributed by atoms with Crippen LogP contribution in [0.15, 0.2) is 30.7 Å². The van der Waals surface area contributed by atoms with E-state index in [1.807, 2.05) is 16.8 Å². The van der Waals surface area contributed by atoms with Crippen molar-refractivity contribution in [1.29, 1.82) is 0 Å². The van der Waals surface area contributed by atoms with E-state index < -0.39 is 5.97 Å². The molecule has 1 aliphatic rings. The lowest BCUT2D eigenvalue weighted by molar-refractivity contribution is -0.137. The second-order valence-corrected chi connectivity index (χ2v) is 5.16. The van der Waals surface area contributed by atoms with Crippen LogP contribution in [0.25, 0.3) is 0 Å². The Morgan fingerprint density at radius 1 is 1.43 bits per heavy atom. The molecule has 0 aliphatic heterocycles. The fourth-order valence-corrected chi connectivity index (χ4v) is 2.42. The normalized spacial score (nSPS) is 14.7. The molecule has 1 amide bonds. The Balaban J connectivity index is 1.70. The Kier molecular flexibility index (Phi) is 3.47. The summed E-state index contributed by atoms with van der Waals surface area (Å²) >= 11 is 0. The van der Waals surface area contributed by atoms with Gasteiger partial charge in [0, 0.05) is 18.4 Å². The molecule has 0 saturated heterocycles. The van der Waals surface area contributed by atoms with Gasteiger partial charge in [0.2, 0.25) is 0 Å². The third kappa shape index (κ3) is 2.81. The second-order valence-electron chi connectivity index (χ2n) is 5.16. The van der Waals surface area contributed by atoms with Crippen molar-refractivity contribution < 1.29 is 14.7 Å². The summed E-state index contributed by atoms with van der Waals surface area (Å²) in [5.41, 5.74) is 1.10. The van der Waals surface area contributed by atoms with E-state index in [-0.39, 0.29) is 12.5 Å². The lowest BCUT2D eigenvalue weighted by Crippen LogP contribution is -2.23. The first-order chi connectivity index (χ1) is 10.1. The molecule has 2 heterocycles. The van der Waals surface area contributed by atoms with Crippen LogP contribution in [0.4, 0.5) is 5.69 Å². The predicted octanol–water partition coefficient (Wildman–Crippen LogP) is 1.75. The second kappa shape index (κ2) is 5.43. The van der Waals surface area contributed by atoms with E-state index in [1.165, 1.54) is 23.5 Å². The average Bonchev–Trinajstić information content (AvgIpc) is 2.96. The SMILES string of the molecule is O=C(O)Cn1cc(NC(=O)c2cccn2C2CCC2)cn1. The van der Waals surface area contributed by atoms with Crippen molar-refractivity contribution in [2.45, 2.75) is 31.8 Å². The molecule has 1 aliphatic carbocycles. The van der Waals surface area contributed by atoms with Gasteiger partial charge in [0.15, 0.2) is 0 Å². The number of aliphatic carboxylic acids is 1. The number of nitrogens with one attached hydrogen (secondary N) is 1. The number of amides is 1. The van der Waals surface area contributed by atoms with Gasteiger partial charge in [-0.15, -0.1) is 0 Å². The van der Waals surface area contributed by atoms with Crippen molar-refractivity contribution in [2.75, 3.05) is 5.32 Å². The molecule has 0 atom stereocenters. The number of nitrogens with zero attached hydrogens (tertiary/aromatic N) is 3. The molecule has 7 nitrogen and oxygen atoms in total. The molecule has 2 aromatic rings. The fraction of sp³-hybridized carbons (Fsp3) is 0.357. The Morgan fingerprint density at radius 2 is 2.24 bits per heavy atom. The summed E-state index contributed by atoms with van der Waals surface area (Å²) in [5, 5.41) is 15.3. The van der Waals surface area contributed by atoms with Gasteiger partial charge in [-0.05, 0) is 31.4 Å². The summed E-state index contributed by atoms with van der Waals surface area (Å²) in [6, 6.07) is 4.06. The van der Waals surface area contributed by atoms with Gasteiger partial charge in [-0.1, -0.05) is 0 Å². The van der Waals surface area contributed by atoms with Gasteiger partial charge in [0.05, 0.1) is 11.9 Å². The van der Waals surface area contributed by atoms with Crippen LogP contribution in [0.2, 0.25) is 0 Å². The number of hydrogen-bond acceptors (Lipinski definition) is 3. The Hall–Kier alpha value is -2.57. The summed E-state index contributed by atoms with van der Waals surface area (Å²) in [6.45, 7) is -0.228. The van der Waals surface area contributed by atoms with Crippen LogP contribution in [0.5, 0.6) is 0 Å². The molecule has 0 radical (unpaired) electrons. The predicted molar refractivity (Wildman–Crippen MR) is 75.1 cm³/mol. The standard InChI is InChI=1S/C14H16N4O3/c19-13(20)9-17-8-10(7-15-17)16-14(21)12-5-2-6-18(12)11-3-1-4-11/h2,5-8,11H,1,3-4,9H2,(H,16,21)(H,19,20). The van der Waals surface area contributed by atoms with Crippen molar-refractivity contribution in [1.82, 2.24) is 14.3 Å². The molecule has 3 rings (SSSR count). The van der Waals surface area contributed by atoms with Gasteiger partial charge in [0.1, 0.15) is 12.2 Å². The van der Waals surface area contributed by atoms with Crippen LogP contribution in [0.1, 0.15) is 35.8 Å². The van der Waals surface area contributed by atoms with Crippen molar-refractivity contribution in [3.63, 3.8) is 0 Å². The van der Waals surface area contributed by atoms with E-state index in [0.717, 1.165) is 12.8 Å². The van der Waals surface area contributed by atoms with E-state index in [4.69, 9.17) is 5.11 Å². The van der Waals surface area contributed by atoms with Crippen molar-refractivity contribution in [3.05, 3.63) is 36.4 Å². The number of carboxylic acid groups (broad SMARTS) is 1. The molecule has 1 saturated carbocycles. The fourth-order valence-electron chi connectivity index (χ4n) is 2.42. The van der Waals surface area contributed by atoms with E-state index in [0.29, 0.717) is 17.4 Å². The first-order valence-electron chi connectivity index (χ1n) is 6.86. The van der Waals surface area contributed by atoms with E-state index in [2.05, 4.69) is 10.4 Å². The maximum Gasteiger partial charge on any atom is 0.325 e. The summed E-state index contributed by atoms with van der Waals surface area (Å²) in [6.07, 6.45) is 8.27. The van der Waals surface area contributed by atoms with Gasteiger partial charge < -0.3 is 15.0 Å². The third-order valence-electron chi connectivity index (χ3n) is 3.67. The highest BCUT2D eigenvalue weighted by Gasteiger charge is 2.23. The van der Waals surface area contributed by atoms with Gasteiger partial charge >= 0.3 is 5.97 Å². The Bertz CT molecular complexity index is 669. The largest absolute Gasteiger partial charge is 0.480 e. The zero-order valence-corrected chi connectivity index (χ0v) is 11.4. The zero-order chi connectivity index (χ0) is 14.8. The first kappa shape index (κ1) is 13.4. The summed E-state index contributed by atoms with van der Waals surface area (Å²) in [5.74, 6) is -1.18. The van der Waals surface area contributed by atoms with Crippen LogP contribution in [-0.2, 0) is 11.3 Å². The molecule has 0 unspecified atom stereocenters. The Labute approximate surface area is 121 Å². The lowest BCUT2D eigenvalue weighted by Gasteiger charge is -2.28. The smallest absolute Gasteiger partial charge is 0.325 e. The molecule has 2 N–H and O–H groups in total. The van der Waals surface area contributed by atoms with E-state index >= 15 is 0 Å². The van der Waals surface area contributed by atoms with Gasteiger partial charge in [-0.2, -0.15) is 5.10 Å². The van der Waals surface area contributed by atoms with Gasteiger partial charge in [-0.25, -0.2) is 0 Å². The lowest BCUT2D eigenvalue weighted by atomic mass is 9.93. The van der Waals surface area contributed by atoms with Crippen LogP contribution >= 0.6 is 0 Å². The summed E-state index contributed by atoms with van der Waals surface area (Å²) in [7, 11) is 0. The molecule has 0 bridgehead atoms. The molecule has 110 valence electrons. The molecular weight excluding hydrogens is 272 g/mol. The molecule has 1 fully saturated rings. The highest BCUT2D eigenvalue weighted by Crippen LogP contribution is 2.32. The number of aromatic nitrogens is 3. The Morgan fingerprint density at radius 3 is 2.90 bits per heavy atom. The topological polar surface area (TPSA) is 89.1 Å². The van der Waals surface area contributed by atoms with Crippen LogP contribution in [0.3, 0.4) is 0 Å². The number of anilines is 1. The van der Waals surface area contributed by atoms with Crippen LogP contribution < -0.4 is 5.32 Å². The average molecular weight is 288 g/mol. The molecule has 0 spiro atoms. The van der Waals surface area contributed by atoms with Gasteiger partial charge in [-0.3, -0.25) is 14.3 Å². The van der Waals surface area contributed by atoms with Crippen LogP contribution in [0, 0.1) is 0 Å². The number of hydrogen-bond donors (Lipinski definition) is 2. The third-order valence-corrected chi connectivity index (χ3v) is 3.67. The molecular formula is C14H16N4O3. The van der Waals surface area contributed by atoms with E-state index in [1.54, 1.807) is 6.07 Å². The minimum absolute atomic E-state index is 0.207. The van der Waals surface area contributed by atoms with Crippen molar-refractivity contribution >= 4 is 17.6 Å². The number of rotatable bonds is 5. The molecule has 21 heavy (non-hydrogen) atoms. The number of carboxylic acids is 1. The van der Waals surface area contributed by atoms with Gasteiger partial charge in [0.25, 0.3) is 5.91 Å². The van der Waals surface area contributed by atoms with Crippen LogP contribution in [-0.4, -0.2) is 31.3 Å². The highest BCUT2D eigenvalue weighted by atomic mass is 16.4. The summed E-state index contributed by atoms with van der Waals surface area (Å²) in [4.78, 5) is 22.9. The maximum absolute atomic E-state index is 12.3. The molecule has 0 aromatic carbocycles. The summed E-state index contributed by atoms with van der Waals surface area (Å²) < 4.78 is 3.27. The number of carbonyl (C=O) groups is 2. The quantitative estimate of drug-likeness (QED) is 0.877. The number of carbonyl (C=O) groups excluding carboxylic acids is 1. The molecule has 7 heteroatoms. The van der Waals surface area contributed by atoms with E-state index in [9.17, 15) is 9.59 Å². The minimum atomic E-state index is -0.977. The van der Waals surface area contributed by atoms with Crippen molar-refractivity contribution in [3.8, 4) is 0 Å². The van der Waals surface area contributed by atoms with Crippen molar-refractivity contribution in [2.24, 2.45) is 0 Å². The maximum atomic E-state index is 12.3. The first-order valence-corrected chi connectivity index (χ1v) is 6.86. The highest BCUT2D eigenvalue weighted by molar-refractivity contribution is 6.03. The molecule has 2 aromatic heterocycles. The zero-order valence-electron chi connectivity index (χ0n) is 11.4. The minimum Gasteiger partial charge on any atom is -0.480 e.